The lowest BCUT2D eigenvalue weighted by atomic mass is 10.3. The summed E-state index contributed by atoms with van der Waals surface area (Å²) in [5, 5.41) is 0.274. The smallest absolute Gasteiger partial charge is 0.229 e. The summed E-state index contributed by atoms with van der Waals surface area (Å²) in [4.78, 5) is 0. The fourth-order valence-electron chi connectivity index (χ4n) is 0.850. The van der Waals surface area contributed by atoms with Crippen LogP contribution in [0, 0.1) is 6.07 Å². The minimum Gasteiger partial charge on any atom is -0.496 e. The third-order valence-electron chi connectivity index (χ3n) is 1.39. The Morgan fingerprint density at radius 3 is 2.71 bits per heavy atom. The predicted molar refractivity (Wildman–Crippen MR) is 55.3 cm³/mol. The molecule has 0 atom stereocenters. The van der Waals surface area contributed by atoms with Crippen LogP contribution in [0.4, 0.5) is 5.69 Å². The number of anilines is 1. The van der Waals surface area contributed by atoms with Gasteiger partial charge in [-0.25, -0.2) is 8.42 Å². The van der Waals surface area contributed by atoms with Gasteiger partial charge in [-0.2, -0.15) is 0 Å². The van der Waals surface area contributed by atoms with Crippen molar-refractivity contribution in [3.8, 4) is 5.75 Å². The van der Waals surface area contributed by atoms with Gasteiger partial charge in [0.25, 0.3) is 0 Å². The molecule has 14 heavy (non-hydrogen) atoms. The van der Waals surface area contributed by atoms with Crippen LogP contribution in [-0.2, 0) is 10.0 Å². The minimum atomic E-state index is -3.33. The highest BCUT2D eigenvalue weighted by molar-refractivity contribution is 7.92. The molecule has 0 aromatic heterocycles. The summed E-state index contributed by atoms with van der Waals surface area (Å²) in [6, 6.07) is 5.62. The maximum absolute atomic E-state index is 10.9. The van der Waals surface area contributed by atoms with Crippen LogP contribution in [0.25, 0.3) is 0 Å². The number of sulfonamides is 1. The zero-order valence-corrected chi connectivity index (χ0v) is 9.24. The van der Waals surface area contributed by atoms with Crippen molar-refractivity contribution in [3.63, 3.8) is 0 Å². The Bertz CT molecular complexity index is 430. The normalized spacial score (nSPS) is 11.1. The van der Waals surface area contributed by atoms with Crippen molar-refractivity contribution in [3.05, 3.63) is 23.2 Å². The molecule has 0 bridgehead atoms. The number of ether oxygens (including phenoxy) is 1. The monoisotopic (exact) mass is 234 g/mol. The van der Waals surface area contributed by atoms with E-state index in [0.29, 0.717) is 5.75 Å². The zero-order chi connectivity index (χ0) is 10.8. The van der Waals surface area contributed by atoms with Crippen LogP contribution in [0.1, 0.15) is 0 Å². The van der Waals surface area contributed by atoms with Gasteiger partial charge in [-0.1, -0.05) is 11.6 Å². The zero-order valence-electron chi connectivity index (χ0n) is 7.67. The second kappa shape index (κ2) is 4.06. The fraction of sp³-hybridized carbons (Fsp3) is 0.250. The molecule has 0 spiro atoms. The Balaban J connectivity index is 3.07. The average Bonchev–Trinajstić information content (AvgIpc) is 2.06. The molecule has 0 unspecified atom stereocenters. The third-order valence-corrected chi connectivity index (χ3v) is 2.29. The van der Waals surface area contributed by atoms with E-state index in [9.17, 15) is 8.42 Å². The number of nitrogens with one attached hydrogen (secondary N) is 1. The number of methoxy groups -OCH3 is 1. The van der Waals surface area contributed by atoms with E-state index in [4.69, 9.17) is 16.3 Å². The Kier molecular flexibility index (Phi) is 3.23. The number of halogens is 1. The van der Waals surface area contributed by atoms with Gasteiger partial charge >= 0.3 is 0 Å². The minimum absolute atomic E-state index is 0.274. The molecule has 6 heteroatoms. The van der Waals surface area contributed by atoms with Crippen LogP contribution < -0.4 is 9.46 Å². The lowest BCUT2D eigenvalue weighted by Crippen LogP contribution is -2.09. The molecule has 0 aliphatic rings. The van der Waals surface area contributed by atoms with E-state index in [0.717, 1.165) is 6.26 Å². The summed E-state index contributed by atoms with van der Waals surface area (Å²) in [7, 11) is -1.87. The Morgan fingerprint density at radius 1 is 1.57 bits per heavy atom. The molecule has 1 rings (SSSR count). The van der Waals surface area contributed by atoms with Crippen LogP contribution in [0.15, 0.2) is 12.1 Å². The molecule has 0 aliphatic heterocycles. The van der Waals surface area contributed by atoms with Crippen molar-refractivity contribution >= 4 is 27.3 Å². The first kappa shape index (κ1) is 11.1. The van der Waals surface area contributed by atoms with Gasteiger partial charge in [0.15, 0.2) is 0 Å². The van der Waals surface area contributed by atoms with Crippen molar-refractivity contribution in [2.24, 2.45) is 0 Å². The van der Waals surface area contributed by atoms with E-state index in [-0.39, 0.29) is 10.7 Å². The second-order valence-corrected chi connectivity index (χ2v) is 4.79. The highest BCUT2D eigenvalue weighted by Crippen LogP contribution is 2.26. The summed E-state index contributed by atoms with van der Waals surface area (Å²) in [6.07, 6.45) is 1.05. The first-order chi connectivity index (χ1) is 6.42. The van der Waals surface area contributed by atoms with Gasteiger partial charge in [-0.05, 0) is 6.07 Å². The molecule has 1 aromatic carbocycles. The van der Waals surface area contributed by atoms with Crippen LogP contribution in [0.5, 0.6) is 5.75 Å². The van der Waals surface area contributed by atoms with Crippen LogP contribution in [0.2, 0.25) is 5.02 Å². The Labute approximate surface area is 87.9 Å². The van der Waals surface area contributed by atoms with Crippen molar-refractivity contribution in [1.29, 1.82) is 0 Å². The first-order valence-corrected chi connectivity index (χ1v) is 5.92. The summed E-state index contributed by atoms with van der Waals surface area (Å²) in [5.41, 5.74) is 0.282. The molecule has 0 heterocycles. The molecule has 0 aliphatic carbocycles. The number of rotatable bonds is 3. The van der Waals surface area contributed by atoms with E-state index in [1.165, 1.54) is 19.2 Å². The van der Waals surface area contributed by atoms with E-state index >= 15 is 0 Å². The molecule has 0 saturated heterocycles. The van der Waals surface area contributed by atoms with E-state index < -0.39 is 10.0 Å². The van der Waals surface area contributed by atoms with E-state index in [1.54, 1.807) is 0 Å². The molecule has 1 radical (unpaired) electrons. The number of hydrogen-bond donors (Lipinski definition) is 1. The number of benzene rings is 1. The largest absolute Gasteiger partial charge is 0.496 e. The van der Waals surface area contributed by atoms with E-state index in [1.807, 2.05) is 0 Å². The summed E-state index contributed by atoms with van der Waals surface area (Å²) >= 11 is 5.75. The molecular formula is C8H9ClNO3S. The van der Waals surface area contributed by atoms with Gasteiger partial charge < -0.3 is 4.74 Å². The molecule has 77 valence electrons. The van der Waals surface area contributed by atoms with Crippen molar-refractivity contribution in [1.82, 2.24) is 0 Å². The van der Waals surface area contributed by atoms with Gasteiger partial charge in [0.2, 0.25) is 10.0 Å². The average molecular weight is 235 g/mol. The molecule has 0 fully saturated rings. The highest BCUT2D eigenvalue weighted by atomic mass is 35.5. The Morgan fingerprint density at radius 2 is 2.21 bits per heavy atom. The lowest BCUT2D eigenvalue weighted by molar-refractivity contribution is 0.414. The van der Waals surface area contributed by atoms with Crippen LogP contribution in [-0.4, -0.2) is 21.8 Å². The van der Waals surface area contributed by atoms with Gasteiger partial charge in [0, 0.05) is 12.1 Å². The van der Waals surface area contributed by atoms with Crippen molar-refractivity contribution in [2.75, 3.05) is 18.1 Å². The maximum atomic E-state index is 10.9. The first-order valence-electron chi connectivity index (χ1n) is 3.65. The van der Waals surface area contributed by atoms with Crippen molar-refractivity contribution in [2.45, 2.75) is 0 Å². The maximum Gasteiger partial charge on any atom is 0.229 e. The van der Waals surface area contributed by atoms with Gasteiger partial charge in [0.1, 0.15) is 5.75 Å². The third kappa shape index (κ3) is 3.08. The second-order valence-electron chi connectivity index (χ2n) is 2.64. The van der Waals surface area contributed by atoms with E-state index in [2.05, 4.69) is 10.8 Å². The topological polar surface area (TPSA) is 55.4 Å². The molecular weight excluding hydrogens is 226 g/mol. The van der Waals surface area contributed by atoms with Crippen LogP contribution >= 0.6 is 11.6 Å². The molecule has 1 aromatic rings. The summed E-state index contributed by atoms with van der Waals surface area (Å²) in [5.74, 6) is 0.417. The SMILES string of the molecule is COc1[c]cc(Cl)c(NS(C)(=O)=O)c1. The molecule has 4 nitrogen and oxygen atoms in total. The molecule has 0 amide bonds. The Hall–Kier alpha value is -0.940. The van der Waals surface area contributed by atoms with Crippen LogP contribution in [0.3, 0.4) is 0 Å². The standard InChI is InChI=1S/C8H9ClNO3S/c1-13-6-3-4-7(9)8(5-6)10-14(2,11)12/h4-5,10H,1-2H3. The van der Waals surface area contributed by atoms with Gasteiger partial charge in [-0.3, -0.25) is 4.72 Å². The predicted octanol–water partition coefficient (Wildman–Crippen LogP) is 1.52. The summed E-state index contributed by atoms with van der Waals surface area (Å²) in [6.45, 7) is 0. The number of hydrogen-bond acceptors (Lipinski definition) is 3. The van der Waals surface area contributed by atoms with Gasteiger partial charge in [0.05, 0.1) is 24.1 Å². The van der Waals surface area contributed by atoms with Gasteiger partial charge in [-0.15, -0.1) is 0 Å². The lowest BCUT2D eigenvalue weighted by Gasteiger charge is -2.07. The fourth-order valence-corrected chi connectivity index (χ4v) is 1.63. The highest BCUT2D eigenvalue weighted by Gasteiger charge is 2.07. The summed E-state index contributed by atoms with van der Waals surface area (Å²) < 4.78 is 29.0. The molecule has 1 N–H and O–H groups in total. The van der Waals surface area contributed by atoms with Crippen molar-refractivity contribution < 1.29 is 13.2 Å². The molecule has 0 saturated carbocycles. The quantitative estimate of drug-likeness (QED) is 0.863.